The molecule has 2 aromatic heterocycles. The lowest BCUT2D eigenvalue weighted by atomic mass is 10.2. The maximum Gasteiger partial charge on any atom is 0.313 e. The fraction of sp³-hybridized carbons (Fsp3) is 0.167. The van der Waals surface area contributed by atoms with Crippen LogP contribution in [0.3, 0.4) is 0 Å². The molecule has 0 atom stereocenters. The molecule has 5 nitrogen and oxygen atoms in total. The van der Waals surface area contributed by atoms with Gasteiger partial charge in [-0.15, -0.1) is 0 Å². The molecule has 0 aliphatic rings. The van der Waals surface area contributed by atoms with Crippen molar-refractivity contribution < 1.29 is 9.53 Å². The number of hydrogen-bond acceptors (Lipinski definition) is 5. The summed E-state index contributed by atoms with van der Waals surface area (Å²) in [7, 11) is 1.34. The second-order valence-electron chi connectivity index (χ2n) is 3.35. The maximum absolute atomic E-state index is 11.1. The first-order valence-electron chi connectivity index (χ1n) is 5.09. The first kappa shape index (κ1) is 11.2. The van der Waals surface area contributed by atoms with E-state index in [0.29, 0.717) is 5.82 Å². The Bertz CT molecular complexity index is 514. The van der Waals surface area contributed by atoms with Crippen LogP contribution in [0, 0.1) is 0 Å². The summed E-state index contributed by atoms with van der Waals surface area (Å²) in [5, 5.41) is 0. The number of aromatic nitrogens is 3. The molecule has 0 fully saturated rings. The van der Waals surface area contributed by atoms with Crippen LogP contribution in [0.15, 0.2) is 36.8 Å². The molecule has 0 saturated carbocycles. The monoisotopic (exact) mass is 229 g/mol. The zero-order valence-electron chi connectivity index (χ0n) is 9.33. The Morgan fingerprint density at radius 2 is 2.00 bits per heavy atom. The predicted molar refractivity (Wildman–Crippen MR) is 61.0 cm³/mol. The van der Waals surface area contributed by atoms with Crippen molar-refractivity contribution in [3.05, 3.63) is 42.6 Å². The van der Waals surface area contributed by atoms with Gasteiger partial charge >= 0.3 is 5.97 Å². The number of esters is 1. The van der Waals surface area contributed by atoms with Gasteiger partial charge in [-0.25, -0.2) is 9.97 Å². The summed E-state index contributed by atoms with van der Waals surface area (Å²) in [6.07, 6.45) is 5.09. The van der Waals surface area contributed by atoms with E-state index in [1.165, 1.54) is 7.11 Å². The highest BCUT2D eigenvalue weighted by Gasteiger charge is 2.07. The van der Waals surface area contributed by atoms with Crippen LogP contribution in [0.1, 0.15) is 5.82 Å². The van der Waals surface area contributed by atoms with Gasteiger partial charge in [-0.3, -0.25) is 9.78 Å². The summed E-state index contributed by atoms with van der Waals surface area (Å²) in [5.74, 6) is 0.100. The van der Waals surface area contributed by atoms with Gasteiger partial charge in [0.25, 0.3) is 0 Å². The van der Waals surface area contributed by atoms with Gasteiger partial charge in [0, 0.05) is 24.2 Å². The predicted octanol–water partition coefficient (Wildman–Crippen LogP) is 1.25. The van der Waals surface area contributed by atoms with Gasteiger partial charge in [0.05, 0.1) is 12.8 Å². The number of rotatable bonds is 3. The van der Waals surface area contributed by atoms with Gasteiger partial charge in [0.2, 0.25) is 0 Å². The smallest absolute Gasteiger partial charge is 0.313 e. The van der Waals surface area contributed by atoms with Crippen molar-refractivity contribution in [2.24, 2.45) is 0 Å². The molecule has 0 radical (unpaired) electrons. The molecule has 17 heavy (non-hydrogen) atoms. The van der Waals surface area contributed by atoms with Crippen molar-refractivity contribution in [2.45, 2.75) is 6.42 Å². The van der Waals surface area contributed by atoms with Crippen LogP contribution >= 0.6 is 0 Å². The standard InChI is InChI=1S/C12H11N3O2/c1-17-12(16)8-11-14-7-4-10(15-11)9-2-5-13-6-3-9/h2-7H,8H2,1H3. The van der Waals surface area contributed by atoms with Crippen molar-refractivity contribution in [3.8, 4) is 11.3 Å². The van der Waals surface area contributed by atoms with Gasteiger partial charge in [0.1, 0.15) is 12.2 Å². The maximum atomic E-state index is 11.1. The van der Waals surface area contributed by atoms with Crippen LogP contribution in [0.25, 0.3) is 11.3 Å². The quantitative estimate of drug-likeness (QED) is 0.741. The van der Waals surface area contributed by atoms with Gasteiger partial charge in [-0.2, -0.15) is 0 Å². The largest absolute Gasteiger partial charge is 0.469 e. The lowest BCUT2D eigenvalue weighted by Crippen LogP contribution is -2.08. The number of ether oxygens (including phenoxy) is 1. The van der Waals surface area contributed by atoms with Gasteiger partial charge in [-0.1, -0.05) is 0 Å². The van der Waals surface area contributed by atoms with E-state index in [0.717, 1.165) is 11.3 Å². The van der Waals surface area contributed by atoms with Crippen LogP contribution in [0.4, 0.5) is 0 Å². The second-order valence-corrected chi connectivity index (χ2v) is 3.35. The highest BCUT2D eigenvalue weighted by Crippen LogP contribution is 2.14. The zero-order chi connectivity index (χ0) is 12.1. The zero-order valence-corrected chi connectivity index (χ0v) is 9.33. The van der Waals surface area contributed by atoms with Gasteiger partial charge in [-0.05, 0) is 18.2 Å². The minimum absolute atomic E-state index is 0.0788. The molecular weight excluding hydrogens is 218 g/mol. The molecule has 0 aliphatic heterocycles. The van der Waals surface area contributed by atoms with E-state index >= 15 is 0 Å². The Hall–Kier alpha value is -2.30. The number of carbonyl (C=O) groups excluding carboxylic acids is 1. The third-order valence-corrected chi connectivity index (χ3v) is 2.21. The molecule has 0 N–H and O–H groups in total. The summed E-state index contributed by atoms with van der Waals surface area (Å²) >= 11 is 0. The Morgan fingerprint density at radius 3 is 2.71 bits per heavy atom. The molecule has 5 heteroatoms. The van der Waals surface area contributed by atoms with E-state index in [1.54, 1.807) is 24.7 Å². The molecule has 0 aliphatic carbocycles. The van der Waals surface area contributed by atoms with E-state index in [2.05, 4.69) is 19.7 Å². The number of methoxy groups -OCH3 is 1. The molecule has 0 spiro atoms. The van der Waals surface area contributed by atoms with E-state index in [9.17, 15) is 4.79 Å². The molecule has 0 bridgehead atoms. The van der Waals surface area contributed by atoms with Crippen LogP contribution in [0.5, 0.6) is 0 Å². The Kier molecular flexibility index (Phi) is 3.40. The van der Waals surface area contributed by atoms with Crippen LogP contribution < -0.4 is 0 Å². The molecule has 2 heterocycles. The van der Waals surface area contributed by atoms with Crippen molar-refractivity contribution in [2.75, 3.05) is 7.11 Å². The summed E-state index contributed by atoms with van der Waals surface area (Å²) < 4.78 is 4.57. The molecule has 0 saturated heterocycles. The number of pyridine rings is 1. The summed E-state index contributed by atoms with van der Waals surface area (Å²) in [6, 6.07) is 5.49. The first-order valence-corrected chi connectivity index (χ1v) is 5.09. The highest BCUT2D eigenvalue weighted by atomic mass is 16.5. The van der Waals surface area contributed by atoms with Crippen molar-refractivity contribution >= 4 is 5.97 Å². The molecule has 2 aromatic rings. The fourth-order valence-corrected chi connectivity index (χ4v) is 1.37. The van der Waals surface area contributed by atoms with Crippen LogP contribution in [0.2, 0.25) is 0 Å². The second kappa shape index (κ2) is 5.16. The minimum atomic E-state index is -0.350. The molecular formula is C12H11N3O2. The minimum Gasteiger partial charge on any atom is -0.469 e. The molecule has 0 aromatic carbocycles. The Balaban J connectivity index is 2.26. The summed E-state index contributed by atoms with van der Waals surface area (Å²) in [5.41, 5.74) is 1.70. The Morgan fingerprint density at radius 1 is 1.24 bits per heavy atom. The third kappa shape index (κ3) is 2.84. The van der Waals surface area contributed by atoms with E-state index in [4.69, 9.17) is 0 Å². The van der Waals surface area contributed by atoms with Gasteiger partial charge in [0.15, 0.2) is 0 Å². The lowest BCUT2D eigenvalue weighted by Gasteiger charge is -2.02. The summed E-state index contributed by atoms with van der Waals surface area (Å²) in [6.45, 7) is 0. The van der Waals surface area contributed by atoms with Crippen LogP contribution in [-0.4, -0.2) is 28.0 Å². The lowest BCUT2D eigenvalue weighted by molar-refractivity contribution is -0.139. The average molecular weight is 229 g/mol. The number of carbonyl (C=O) groups is 1. The van der Waals surface area contributed by atoms with E-state index < -0.39 is 0 Å². The SMILES string of the molecule is COC(=O)Cc1nccc(-c2ccncc2)n1. The Labute approximate surface area is 98.5 Å². The molecule has 86 valence electrons. The topological polar surface area (TPSA) is 65.0 Å². The summed E-state index contributed by atoms with van der Waals surface area (Å²) in [4.78, 5) is 23.4. The third-order valence-electron chi connectivity index (χ3n) is 2.21. The number of hydrogen-bond donors (Lipinski definition) is 0. The molecule has 0 amide bonds. The molecule has 2 rings (SSSR count). The first-order chi connectivity index (χ1) is 8.29. The van der Waals surface area contributed by atoms with Crippen LogP contribution in [-0.2, 0) is 16.0 Å². The molecule has 0 unspecified atom stereocenters. The highest BCUT2D eigenvalue weighted by molar-refractivity contribution is 5.71. The van der Waals surface area contributed by atoms with Crippen molar-refractivity contribution in [3.63, 3.8) is 0 Å². The van der Waals surface area contributed by atoms with Crippen molar-refractivity contribution in [1.29, 1.82) is 0 Å². The van der Waals surface area contributed by atoms with Gasteiger partial charge < -0.3 is 4.74 Å². The average Bonchev–Trinajstić information content (AvgIpc) is 2.40. The van der Waals surface area contributed by atoms with Crippen molar-refractivity contribution in [1.82, 2.24) is 15.0 Å². The number of nitrogens with zero attached hydrogens (tertiary/aromatic N) is 3. The fourth-order valence-electron chi connectivity index (χ4n) is 1.37. The normalized spacial score (nSPS) is 9.94. The van der Waals surface area contributed by atoms with E-state index in [1.807, 2.05) is 12.1 Å². The van der Waals surface area contributed by atoms with E-state index in [-0.39, 0.29) is 12.4 Å².